The van der Waals surface area contributed by atoms with Crippen molar-refractivity contribution in [3.8, 4) is 0 Å². The van der Waals surface area contributed by atoms with Crippen LogP contribution in [0.1, 0.15) is 45.4 Å². The van der Waals surface area contributed by atoms with Gasteiger partial charge in [0.15, 0.2) is 0 Å². The molecule has 6 heteroatoms. The van der Waals surface area contributed by atoms with Gasteiger partial charge in [-0.15, -0.1) is 0 Å². The minimum Gasteiger partial charge on any atom is -0.353 e. The number of nitrogens with zero attached hydrogens (tertiary/aromatic N) is 3. The Morgan fingerprint density at radius 3 is 2.46 bits per heavy atom. The lowest BCUT2D eigenvalue weighted by Gasteiger charge is -2.35. The Labute approximate surface area is 156 Å². The number of anilines is 1. The summed E-state index contributed by atoms with van der Waals surface area (Å²) < 4.78 is 0. The second-order valence-electron chi connectivity index (χ2n) is 7.58. The van der Waals surface area contributed by atoms with Gasteiger partial charge in [0.1, 0.15) is 5.82 Å². The predicted octanol–water partition coefficient (Wildman–Crippen LogP) is 2.21. The monoisotopic (exact) mass is 358 g/mol. The van der Waals surface area contributed by atoms with Gasteiger partial charge in [0, 0.05) is 51.3 Å². The third-order valence-electron chi connectivity index (χ3n) is 5.55. The molecule has 1 N–H and O–H groups in total. The molecule has 1 aromatic rings. The van der Waals surface area contributed by atoms with E-state index in [0.717, 1.165) is 37.7 Å². The maximum atomic E-state index is 12.4. The van der Waals surface area contributed by atoms with Crippen molar-refractivity contribution in [2.75, 3.05) is 31.1 Å². The fourth-order valence-electron chi connectivity index (χ4n) is 3.81. The molecule has 0 unspecified atom stereocenters. The van der Waals surface area contributed by atoms with Crippen molar-refractivity contribution in [3.63, 3.8) is 0 Å². The number of amides is 2. The summed E-state index contributed by atoms with van der Waals surface area (Å²) in [5, 5.41) is 3.10. The normalized spacial score (nSPS) is 23.6. The van der Waals surface area contributed by atoms with Crippen LogP contribution in [0.3, 0.4) is 0 Å². The first-order chi connectivity index (χ1) is 12.6. The predicted molar refractivity (Wildman–Crippen MR) is 102 cm³/mol. The lowest BCUT2D eigenvalue weighted by atomic mass is 9.87. The molecule has 1 aliphatic heterocycles. The van der Waals surface area contributed by atoms with Crippen molar-refractivity contribution in [2.45, 2.75) is 51.5 Å². The van der Waals surface area contributed by atoms with Crippen molar-refractivity contribution >= 4 is 17.6 Å². The van der Waals surface area contributed by atoms with Crippen LogP contribution in [0.15, 0.2) is 24.4 Å². The average molecular weight is 358 g/mol. The molecular weight excluding hydrogens is 328 g/mol. The van der Waals surface area contributed by atoms with Gasteiger partial charge in [0.25, 0.3) is 0 Å². The summed E-state index contributed by atoms with van der Waals surface area (Å²) in [5.74, 6) is 1.83. The lowest BCUT2D eigenvalue weighted by molar-refractivity contribution is -0.134. The van der Waals surface area contributed by atoms with Crippen LogP contribution in [-0.2, 0) is 9.59 Å². The van der Waals surface area contributed by atoms with Crippen LogP contribution in [-0.4, -0.2) is 53.9 Å². The Kier molecular flexibility index (Phi) is 6.47. The Hall–Kier alpha value is -2.11. The number of carbonyl (C=O) groups is 2. The van der Waals surface area contributed by atoms with E-state index in [9.17, 15) is 9.59 Å². The molecule has 142 valence electrons. The molecule has 0 radical (unpaired) electrons. The minimum atomic E-state index is 0.0185. The van der Waals surface area contributed by atoms with Crippen LogP contribution in [0.4, 0.5) is 5.82 Å². The summed E-state index contributed by atoms with van der Waals surface area (Å²) in [6.45, 7) is 5.23. The molecule has 1 aliphatic carbocycles. The van der Waals surface area contributed by atoms with Crippen LogP contribution < -0.4 is 10.2 Å². The molecule has 2 heterocycles. The first-order valence-corrected chi connectivity index (χ1v) is 9.85. The molecule has 2 aliphatic rings. The number of nitrogens with one attached hydrogen (secondary N) is 1. The van der Waals surface area contributed by atoms with E-state index in [1.807, 2.05) is 23.1 Å². The van der Waals surface area contributed by atoms with Crippen molar-refractivity contribution in [1.29, 1.82) is 0 Å². The first kappa shape index (κ1) is 18.7. The van der Waals surface area contributed by atoms with Gasteiger partial charge in [0.05, 0.1) is 0 Å². The first-order valence-electron chi connectivity index (χ1n) is 9.85. The molecule has 2 fully saturated rings. The van der Waals surface area contributed by atoms with Crippen molar-refractivity contribution in [1.82, 2.24) is 15.2 Å². The SMILES string of the molecule is CC1CCC(NC(=O)CCC(=O)N2CCN(c3ccccn3)CC2)CC1. The molecule has 1 aromatic heterocycles. The minimum absolute atomic E-state index is 0.0185. The quantitative estimate of drug-likeness (QED) is 0.876. The highest BCUT2D eigenvalue weighted by molar-refractivity contribution is 5.84. The molecule has 0 atom stereocenters. The number of hydrogen-bond donors (Lipinski definition) is 1. The highest BCUT2D eigenvalue weighted by Gasteiger charge is 2.23. The van der Waals surface area contributed by atoms with Gasteiger partial charge in [0.2, 0.25) is 11.8 Å². The third kappa shape index (κ3) is 5.19. The molecule has 0 aromatic carbocycles. The van der Waals surface area contributed by atoms with Crippen LogP contribution in [0, 0.1) is 5.92 Å². The van der Waals surface area contributed by atoms with Gasteiger partial charge in [-0.2, -0.15) is 0 Å². The highest BCUT2D eigenvalue weighted by atomic mass is 16.2. The van der Waals surface area contributed by atoms with Crippen LogP contribution in [0.5, 0.6) is 0 Å². The van der Waals surface area contributed by atoms with E-state index in [0.29, 0.717) is 32.0 Å². The van der Waals surface area contributed by atoms with Gasteiger partial charge in [-0.1, -0.05) is 13.0 Å². The van der Waals surface area contributed by atoms with Crippen molar-refractivity contribution < 1.29 is 9.59 Å². The summed E-state index contributed by atoms with van der Waals surface area (Å²) >= 11 is 0. The maximum absolute atomic E-state index is 12.4. The summed E-state index contributed by atoms with van der Waals surface area (Å²) in [5.41, 5.74) is 0. The number of carbonyl (C=O) groups excluding carboxylic acids is 2. The fourth-order valence-corrected chi connectivity index (χ4v) is 3.81. The van der Waals surface area contributed by atoms with E-state index in [2.05, 4.69) is 22.1 Å². The molecule has 3 rings (SSSR count). The second kappa shape index (κ2) is 9.01. The highest BCUT2D eigenvalue weighted by Crippen LogP contribution is 2.23. The van der Waals surface area contributed by atoms with E-state index in [1.54, 1.807) is 6.20 Å². The zero-order chi connectivity index (χ0) is 18.4. The molecule has 1 saturated carbocycles. The van der Waals surface area contributed by atoms with Crippen LogP contribution in [0.2, 0.25) is 0 Å². The number of aromatic nitrogens is 1. The number of pyridine rings is 1. The summed E-state index contributed by atoms with van der Waals surface area (Å²) in [4.78, 5) is 32.9. The van der Waals surface area contributed by atoms with E-state index in [4.69, 9.17) is 0 Å². The molecule has 6 nitrogen and oxygen atoms in total. The lowest BCUT2D eigenvalue weighted by Crippen LogP contribution is -2.49. The van der Waals surface area contributed by atoms with Gasteiger partial charge >= 0.3 is 0 Å². The summed E-state index contributed by atoms with van der Waals surface area (Å²) in [6, 6.07) is 6.18. The van der Waals surface area contributed by atoms with Crippen LogP contribution >= 0.6 is 0 Å². The molecule has 2 amide bonds. The summed E-state index contributed by atoms with van der Waals surface area (Å²) in [7, 11) is 0. The number of rotatable bonds is 5. The van der Waals surface area contributed by atoms with E-state index in [1.165, 1.54) is 12.8 Å². The molecule has 1 saturated heterocycles. The molecular formula is C20H30N4O2. The summed E-state index contributed by atoms with van der Waals surface area (Å²) in [6.07, 6.45) is 6.89. The second-order valence-corrected chi connectivity index (χ2v) is 7.58. The molecule has 0 bridgehead atoms. The van der Waals surface area contributed by atoms with E-state index >= 15 is 0 Å². The Morgan fingerprint density at radius 2 is 1.81 bits per heavy atom. The van der Waals surface area contributed by atoms with Crippen molar-refractivity contribution in [3.05, 3.63) is 24.4 Å². The largest absolute Gasteiger partial charge is 0.353 e. The van der Waals surface area contributed by atoms with Gasteiger partial charge in [-0.3, -0.25) is 9.59 Å². The topological polar surface area (TPSA) is 65.5 Å². The smallest absolute Gasteiger partial charge is 0.223 e. The molecule has 26 heavy (non-hydrogen) atoms. The van der Waals surface area contributed by atoms with Crippen LogP contribution in [0.25, 0.3) is 0 Å². The number of hydrogen-bond acceptors (Lipinski definition) is 4. The van der Waals surface area contributed by atoms with Crippen molar-refractivity contribution in [2.24, 2.45) is 5.92 Å². The number of piperazine rings is 1. The fraction of sp³-hybridized carbons (Fsp3) is 0.650. The Bertz CT molecular complexity index is 591. The van der Waals surface area contributed by atoms with Gasteiger partial charge in [-0.25, -0.2) is 4.98 Å². The Morgan fingerprint density at radius 1 is 1.08 bits per heavy atom. The standard InChI is InChI=1S/C20H30N4O2/c1-16-5-7-17(8-6-16)22-19(25)9-10-20(26)24-14-12-23(13-15-24)18-4-2-3-11-21-18/h2-4,11,16-17H,5-10,12-15H2,1H3,(H,22,25). The maximum Gasteiger partial charge on any atom is 0.223 e. The van der Waals surface area contributed by atoms with Gasteiger partial charge in [-0.05, 0) is 43.7 Å². The van der Waals surface area contributed by atoms with E-state index < -0.39 is 0 Å². The zero-order valence-corrected chi connectivity index (χ0v) is 15.7. The molecule has 0 spiro atoms. The Balaban J connectivity index is 1.36. The van der Waals surface area contributed by atoms with E-state index in [-0.39, 0.29) is 11.8 Å². The zero-order valence-electron chi connectivity index (χ0n) is 15.7. The third-order valence-corrected chi connectivity index (χ3v) is 5.55. The average Bonchev–Trinajstić information content (AvgIpc) is 2.69. The van der Waals surface area contributed by atoms with Gasteiger partial charge < -0.3 is 15.1 Å².